The molecule has 1 rings (SSSR count). The van der Waals surface area contributed by atoms with Crippen LogP contribution in [-0.4, -0.2) is 43.7 Å². The highest BCUT2D eigenvalue weighted by molar-refractivity contribution is 5.93. The zero-order valence-electron chi connectivity index (χ0n) is 10.8. The molecule has 0 saturated carbocycles. The highest BCUT2D eigenvalue weighted by atomic mass is 16.6. The van der Waals surface area contributed by atoms with Crippen molar-refractivity contribution >= 4 is 18.0 Å². The van der Waals surface area contributed by atoms with Crippen LogP contribution in [0, 0.1) is 0 Å². The number of aromatic nitrogens is 1. The van der Waals surface area contributed by atoms with Gasteiger partial charge in [-0.25, -0.2) is 14.6 Å². The van der Waals surface area contributed by atoms with Gasteiger partial charge in [0.05, 0.1) is 26.3 Å². The van der Waals surface area contributed by atoms with Crippen molar-refractivity contribution in [3.63, 3.8) is 0 Å². The number of nitrogens with zero attached hydrogens (tertiary/aromatic N) is 1. The number of carbonyl (C=O) groups excluding carboxylic acids is 3. The summed E-state index contributed by atoms with van der Waals surface area (Å²) in [5.74, 6) is -1.50. The molecule has 0 unspecified atom stereocenters. The van der Waals surface area contributed by atoms with Gasteiger partial charge in [-0.15, -0.1) is 0 Å². The molecule has 0 spiro atoms. The molecule has 0 radical (unpaired) electrons. The van der Waals surface area contributed by atoms with Gasteiger partial charge in [0.15, 0.2) is 5.75 Å². The van der Waals surface area contributed by atoms with Crippen molar-refractivity contribution < 1.29 is 28.6 Å². The quantitative estimate of drug-likeness (QED) is 0.704. The van der Waals surface area contributed by atoms with Gasteiger partial charge in [-0.2, -0.15) is 0 Å². The van der Waals surface area contributed by atoms with Crippen molar-refractivity contribution in [1.29, 1.82) is 0 Å². The molecule has 9 heteroatoms. The summed E-state index contributed by atoms with van der Waals surface area (Å²) in [7, 11) is 2.51. The van der Waals surface area contributed by atoms with E-state index in [4.69, 9.17) is 15.2 Å². The highest BCUT2D eigenvalue weighted by Gasteiger charge is 2.16. The highest BCUT2D eigenvalue weighted by Crippen LogP contribution is 2.25. The van der Waals surface area contributed by atoms with Gasteiger partial charge < -0.3 is 19.9 Å². The molecule has 0 bridgehead atoms. The van der Waals surface area contributed by atoms with E-state index in [0.717, 1.165) is 6.20 Å². The van der Waals surface area contributed by atoms with Crippen LogP contribution in [-0.2, 0) is 9.53 Å². The number of ether oxygens (including phenoxy) is 3. The number of rotatable bonds is 4. The van der Waals surface area contributed by atoms with Crippen LogP contribution in [0.4, 0.5) is 4.79 Å². The van der Waals surface area contributed by atoms with Gasteiger partial charge in [0.25, 0.3) is 5.88 Å². The third kappa shape index (κ3) is 3.92. The number of esters is 1. The van der Waals surface area contributed by atoms with Crippen LogP contribution in [0.5, 0.6) is 11.6 Å². The number of imide groups is 1. The van der Waals surface area contributed by atoms with Gasteiger partial charge >= 0.3 is 12.1 Å². The third-order valence-electron chi connectivity index (χ3n) is 2.08. The van der Waals surface area contributed by atoms with E-state index < -0.39 is 18.0 Å². The molecule has 20 heavy (non-hydrogen) atoms. The first-order valence-corrected chi connectivity index (χ1v) is 5.35. The fraction of sp³-hybridized carbons (Fsp3) is 0.273. The van der Waals surface area contributed by atoms with Gasteiger partial charge in [-0.3, -0.25) is 10.1 Å². The number of carbonyl (C=O) groups is 3. The first kappa shape index (κ1) is 15.4. The average molecular weight is 283 g/mol. The molecule has 108 valence electrons. The molecular weight excluding hydrogens is 270 g/mol. The molecular formula is C11H13N3O6. The molecule has 0 aliphatic heterocycles. The number of amides is 2. The third-order valence-corrected chi connectivity index (χ3v) is 2.08. The Morgan fingerprint density at radius 1 is 1.35 bits per heavy atom. The Balaban J connectivity index is 2.88. The summed E-state index contributed by atoms with van der Waals surface area (Å²) in [6, 6.07) is 1.28. The number of methoxy groups -OCH3 is 2. The van der Waals surface area contributed by atoms with Crippen molar-refractivity contribution in [3.8, 4) is 11.6 Å². The summed E-state index contributed by atoms with van der Waals surface area (Å²) in [5, 5.41) is 1.87. The van der Waals surface area contributed by atoms with Crippen LogP contribution in [0.15, 0.2) is 12.3 Å². The number of nitrogens with two attached hydrogens (primary N) is 1. The molecule has 1 aromatic heterocycles. The zero-order valence-corrected chi connectivity index (χ0v) is 10.8. The maximum absolute atomic E-state index is 11.3. The Labute approximate surface area is 114 Å². The fourth-order valence-corrected chi connectivity index (χ4v) is 1.16. The van der Waals surface area contributed by atoms with Gasteiger partial charge in [0, 0.05) is 12.3 Å². The minimum absolute atomic E-state index is 0.0308. The second-order valence-corrected chi connectivity index (χ2v) is 3.36. The zero-order chi connectivity index (χ0) is 15.1. The Hall–Kier alpha value is -2.68. The molecule has 3 N–H and O–H groups in total. The predicted octanol–water partition coefficient (Wildman–Crippen LogP) is -0.549. The van der Waals surface area contributed by atoms with Gasteiger partial charge in [-0.1, -0.05) is 0 Å². The topological polar surface area (TPSA) is 130 Å². The van der Waals surface area contributed by atoms with Crippen molar-refractivity contribution in [2.24, 2.45) is 5.73 Å². The first-order valence-electron chi connectivity index (χ1n) is 5.35. The summed E-state index contributed by atoms with van der Waals surface area (Å²) >= 11 is 0. The minimum Gasteiger partial charge on any atom is -0.491 e. The van der Waals surface area contributed by atoms with Crippen LogP contribution in [0.3, 0.4) is 0 Å². The Morgan fingerprint density at radius 2 is 2.05 bits per heavy atom. The molecule has 1 heterocycles. The normalized spacial score (nSPS) is 9.55. The van der Waals surface area contributed by atoms with Crippen LogP contribution >= 0.6 is 0 Å². The number of hydrogen-bond donors (Lipinski definition) is 2. The average Bonchev–Trinajstić information content (AvgIpc) is 2.46. The fourth-order valence-electron chi connectivity index (χ4n) is 1.16. The van der Waals surface area contributed by atoms with Crippen molar-refractivity contribution in [2.75, 3.05) is 20.8 Å². The summed E-state index contributed by atoms with van der Waals surface area (Å²) in [4.78, 5) is 37.3. The predicted molar refractivity (Wildman–Crippen MR) is 65.3 cm³/mol. The van der Waals surface area contributed by atoms with E-state index in [2.05, 4.69) is 9.72 Å². The Kier molecular flexibility index (Phi) is 5.42. The number of nitrogens with one attached hydrogen (secondary N) is 1. The number of pyridine rings is 1. The SMILES string of the molecule is COC(=O)c1cnc(OC(=O)NC(=O)CN)c(OC)c1. The van der Waals surface area contributed by atoms with Crippen molar-refractivity contribution in [2.45, 2.75) is 0 Å². The second kappa shape index (κ2) is 7.04. The lowest BCUT2D eigenvalue weighted by Crippen LogP contribution is -2.37. The van der Waals surface area contributed by atoms with Crippen LogP contribution in [0.2, 0.25) is 0 Å². The van der Waals surface area contributed by atoms with Crippen molar-refractivity contribution in [1.82, 2.24) is 10.3 Å². The molecule has 0 saturated heterocycles. The largest absolute Gasteiger partial charge is 0.491 e. The van der Waals surface area contributed by atoms with Gasteiger partial charge in [0.1, 0.15) is 0 Å². The van der Waals surface area contributed by atoms with Crippen molar-refractivity contribution in [3.05, 3.63) is 17.8 Å². The molecule has 0 atom stereocenters. The summed E-state index contributed by atoms with van der Waals surface area (Å²) < 4.78 is 14.2. The van der Waals surface area contributed by atoms with Crippen LogP contribution in [0.25, 0.3) is 0 Å². The lowest BCUT2D eigenvalue weighted by atomic mass is 10.3. The van der Waals surface area contributed by atoms with E-state index in [0.29, 0.717) is 0 Å². The van der Waals surface area contributed by atoms with Crippen LogP contribution < -0.4 is 20.5 Å². The maximum Gasteiger partial charge on any atom is 0.420 e. The molecule has 0 fully saturated rings. The monoisotopic (exact) mass is 283 g/mol. The standard InChI is InChI=1S/C11H13N3O6/c1-18-7-3-6(10(16)19-2)5-13-9(7)20-11(17)14-8(15)4-12/h3,5H,4,12H2,1-2H3,(H,14,15,17). The van der Waals surface area contributed by atoms with Crippen LogP contribution in [0.1, 0.15) is 10.4 Å². The summed E-state index contributed by atoms with van der Waals surface area (Å²) in [6.45, 7) is -0.360. The molecule has 0 aromatic carbocycles. The number of hydrogen-bond acceptors (Lipinski definition) is 8. The van der Waals surface area contributed by atoms with E-state index in [1.807, 2.05) is 5.32 Å². The Bertz CT molecular complexity index is 531. The van der Waals surface area contributed by atoms with Gasteiger partial charge in [-0.05, 0) is 0 Å². The smallest absolute Gasteiger partial charge is 0.420 e. The van der Waals surface area contributed by atoms with E-state index in [-0.39, 0.29) is 23.7 Å². The molecule has 1 aromatic rings. The summed E-state index contributed by atoms with van der Waals surface area (Å²) in [5.41, 5.74) is 5.15. The Morgan fingerprint density at radius 3 is 2.60 bits per heavy atom. The van der Waals surface area contributed by atoms with Gasteiger partial charge in [0.2, 0.25) is 5.91 Å². The van der Waals surface area contributed by atoms with E-state index >= 15 is 0 Å². The minimum atomic E-state index is -1.06. The lowest BCUT2D eigenvalue weighted by Gasteiger charge is -2.09. The van der Waals surface area contributed by atoms with E-state index in [1.54, 1.807) is 0 Å². The molecule has 0 aliphatic carbocycles. The van der Waals surface area contributed by atoms with E-state index in [9.17, 15) is 14.4 Å². The van der Waals surface area contributed by atoms with E-state index in [1.165, 1.54) is 20.3 Å². The first-order chi connectivity index (χ1) is 9.51. The lowest BCUT2D eigenvalue weighted by molar-refractivity contribution is -0.118. The second-order valence-electron chi connectivity index (χ2n) is 3.36. The molecule has 0 aliphatic rings. The maximum atomic E-state index is 11.3. The summed E-state index contributed by atoms with van der Waals surface area (Å²) in [6.07, 6.45) is 0.0823. The molecule has 2 amide bonds. The molecule has 9 nitrogen and oxygen atoms in total.